The topological polar surface area (TPSA) is 56.5 Å². The van der Waals surface area contributed by atoms with Gasteiger partial charge in [-0.25, -0.2) is 0 Å². The maximum absolute atomic E-state index is 5.85. The van der Waals surface area contributed by atoms with Crippen molar-refractivity contribution in [3.05, 3.63) is 23.8 Å². The normalized spacial score (nSPS) is 27.2. The van der Waals surface area contributed by atoms with Gasteiger partial charge in [-0.1, -0.05) is 13.8 Å². The van der Waals surface area contributed by atoms with E-state index in [-0.39, 0.29) is 6.04 Å². The van der Waals surface area contributed by atoms with E-state index >= 15 is 0 Å². The second-order valence-corrected chi connectivity index (χ2v) is 8.20. The van der Waals surface area contributed by atoms with Crippen LogP contribution < -0.4 is 20.7 Å². The number of methoxy groups -OCH3 is 2. The zero-order valence-electron chi connectivity index (χ0n) is 13.0. The zero-order chi connectivity index (χ0) is 15.4. The van der Waals surface area contributed by atoms with Gasteiger partial charge in [0, 0.05) is 33.1 Å². The molecule has 1 saturated heterocycles. The van der Waals surface area contributed by atoms with E-state index in [2.05, 4.69) is 19.3 Å². The molecule has 4 atom stereocenters. The highest BCUT2D eigenvalue weighted by Gasteiger charge is 2.33. The van der Waals surface area contributed by atoms with Crippen LogP contribution in [0.25, 0.3) is 0 Å². The molecule has 21 heavy (non-hydrogen) atoms. The number of thioether (sulfide) groups is 2. The molecule has 0 radical (unpaired) electrons. The maximum Gasteiger partial charge on any atom is 0.127 e. The fourth-order valence-electron chi connectivity index (χ4n) is 2.46. The van der Waals surface area contributed by atoms with Crippen molar-refractivity contribution >= 4 is 23.5 Å². The molecule has 4 nitrogen and oxygen atoms in total. The summed E-state index contributed by atoms with van der Waals surface area (Å²) in [6, 6.07) is 5.97. The lowest BCUT2D eigenvalue weighted by atomic mass is 10.0. The van der Waals surface area contributed by atoms with Crippen molar-refractivity contribution in [2.24, 2.45) is 5.84 Å². The Morgan fingerprint density at radius 3 is 2.57 bits per heavy atom. The van der Waals surface area contributed by atoms with E-state index in [9.17, 15) is 0 Å². The van der Waals surface area contributed by atoms with Crippen LogP contribution in [0.1, 0.15) is 25.5 Å². The number of benzene rings is 1. The highest BCUT2D eigenvalue weighted by atomic mass is 32.2. The molecule has 3 N–H and O–H groups in total. The van der Waals surface area contributed by atoms with Crippen LogP contribution >= 0.6 is 23.5 Å². The Hall–Kier alpha value is -0.560. The molecule has 1 fully saturated rings. The summed E-state index contributed by atoms with van der Waals surface area (Å²) in [5.41, 5.74) is 4.06. The van der Waals surface area contributed by atoms with Gasteiger partial charge in [0.1, 0.15) is 11.5 Å². The summed E-state index contributed by atoms with van der Waals surface area (Å²) < 4.78 is 10.8. The molecule has 0 bridgehead atoms. The smallest absolute Gasteiger partial charge is 0.127 e. The fourth-order valence-corrected chi connectivity index (χ4v) is 5.55. The van der Waals surface area contributed by atoms with Crippen LogP contribution in [0.4, 0.5) is 0 Å². The molecule has 0 spiro atoms. The Bertz CT molecular complexity index is 473. The molecule has 1 aromatic carbocycles. The lowest BCUT2D eigenvalue weighted by Gasteiger charge is -2.36. The Balaban J connectivity index is 2.24. The van der Waals surface area contributed by atoms with Gasteiger partial charge in [0.15, 0.2) is 0 Å². The largest absolute Gasteiger partial charge is 0.497 e. The molecule has 0 aromatic heterocycles. The van der Waals surface area contributed by atoms with Crippen molar-refractivity contribution in [1.82, 2.24) is 5.43 Å². The Morgan fingerprint density at radius 1 is 1.24 bits per heavy atom. The van der Waals surface area contributed by atoms with Gasteiger partial charge in [-0.15, -0.1) is 0 Å². The van der Waals surface area contributed by atoms with Crippen LogP contribution in [0.3, 0.4) is 0 Å². The lowest BCUT2D eigenvalue weighted by molar-refractivity contribution is 0.384. The number of hydrogen-bond acceptors (Lipinski definition) is 6. The zero-order valence-corrected chi connectivity index (χ0v) is 14.6. The Kier molecular flexibility index (Phi) is 6.10. The second-order valence-electron chi connectivity index (χ2n) is 5.17. The van der Waals surface area contributed by atoms with E-state index in [1.54, 1.807) is 14.2 Å². The van der Waals surface area contributed by atoms with Crippen molar-refractivity contribution in [2.45, 2.75) is 35.6 Å². The van der Waals surface area contributed by atoms with Gasteiger partial charge in [-0.05, 0) is 12.1 Å². The van der Waals surface area contributed by atoms with Crippen LogP contribution in [0.15, 0.2) is 18.2 Å². The Morgan fingerprint density at radius 2 is 2.00 bits per heavy atom. The molecular weight excluding hydrogens is 304 g/mol. The molecule has 118 valence electrons. The first-order valence-corrected chi connectivity index (χ1v) is 9.05. The average Bonchev–Trinajstić information content (AvgIpc) is 2.51. The van der Waals surface area contributed by atoms with Crippen molar-refractivity contribution < 1.29 is 9.47 Å². The third-order valence-corrected chi connectivity index (χ3v) is 7.40. The van der Waals surface area contributed by atoms with Gasteiger partial charge in [-0.3, -0.25) is 11.3 Å². The first kappa shape index (κ1) is 16.8. The first-order valence-electron chi connectivity index (χ1n) is 7.05. The van der Waals surface area contributed by atoms with Crippen molar-refractivity contribution in [3.8, 4) is 11.5 Å². The predicted molar refractivity (Wildman–Crippen MR) is 92.4 cm³/mol. The number of rotatable bonds is 5. The second kappa shape index (κ2) is 7.63. The molecule has 2 rings (SSSR count). The van der Waals surface area contributed by atoms with E-state index in [0.29, 0.717) is 15.7 Å². The Labute approximate surface area is 135 Å². The highest BCUT2D eigenvalue weighted by molar-refractivity contribution is 8.07. The summed E-state index contributed by atoms with van der Waals surface area (Å²) in [5.74, 6) is 8.54. The van der Waals surface area contributed by atoms with Crippen LogP contribution in [0, 0.1) is 0 Å². The van der Waals surface area contributed by atoms with Crippen LogP contribution in [-0.4, -0.2) is 35.7 Å². The summed E-state index contributed by atoms with van der Waals surface area (Å²) >= 11 is 4.01. The summed E-state index contributed by atoms with van der Waals surface area (Å²) in [6.07, 6.45) is 0. The molecule has 6 heteroatoms. The third kappa shape index (κ3) is 3.80. The van der Waals surface area contributed by atoms with Gasteiger partial charge in [0.2, 0.25) is 0 Å². The van der Waals surface area contributed by atoms with Crippen LogP contribution in [0.2, 0.25) is 0 Å². The number of nitrogens with one attached hydrogen (secondary N) is 1. The van der Waals surface area contributed by atoms with Gasteiger partial charge in [0.25, 0.3) is 0 Å². The average molecular weight is 329 g/mol. The number of hydrogen-bond donors (Lipinski definition) is 2. The minimum atomic E-state index is 0.0679. The molecule has 0 aliphatic carbocycles. The number of ether oxygens (including phenoxy) is 2. The minimum Gasteiger partial charge on any atom is -0.497 e. The van der Waals surface area contributed by atoms with Crippen LogP contribution in [0.5, 0.6) is 11.5 Å². The molecule has 0 saturated carbocycles. The summed E-state index contributed by atoms with van der Waals surface area (Å²) in [6.45, 7) is 4.57. The first-order chi connectivity index (χ1) is 10.1. The number of hydrazine groups is 1. The standard InChI is InChI=1S/C15H24N2O2S2/c1-9-10(2)21-14(8-20-9)15(17-16)12-6-5-11(18-3)7-13(12)19-4/h5-7,9-10,14-15,17H,8,16H2,1-4H3. The molecular formula is C15H24N2O2S2. The third-order valence-electron chi connectivity index (χ3n) is 3.90. The summed E-state index contributed by atoms with van der Waals surface area (Å²) in [7, 11) is 3.34. The monoisotopic (exact) mass is 328 g/mol. The molecule has 4 unspecified atom stereocenters. The van der Waals surface area contributed by atoms with Crippen molar-refractivity contribution in [1.29, 1.82) is 0 Å². The molecule has 1 aliphatic rings. The SMILES string of the molecule is COc1ccc(C(NN)C2CSC(C)C(C)S2)c(OC)c1. The van der Waals surface area contributed by atoms with Gasteiger partial charge < -0.3 is 9.47 Å². The van der Waals surface area contributed by atoms with E-state index in [1.807, 2.05) is 41.7 Å². The van der Waals surface area contributed by atoms with E-state index in [1.165, 1.54) is 0 Å². The van der Waals surface area contributed by atoms with E-state index < -0.39 is 0 Å². The van der Waals surface area contributed by atoms with Crippen molar-refractivity contribution in [2.75, 3.05) is 20.0 Å². The van der Waals surface area contributed by atoms with E-state index in [4.69, 9.17) is 15.3 Å². The summed E-state index contributed by atoms with van der Waals surface area (Å²) in [5, 5.41) is 1.73. The van der Waals surface area contributed by atoms with E-state index in [0.717, 1.165) is 22.8 Å². The molecule has 0 amide bonds. The van der Waals surface area contributed by atoms with Crippen molar-refractivity contribution in [3.63, 3.8) is 0 Å². The fraction of sp³-hybridized carbons (Fsp3) is 0.600. The molecule has 1 aromatic rings. The highest BCUT2D eigenvalue weighted by Crippen LogP contribution is 2.43. The maximum atomic E-state index is 5.85. The summed E-state index contributed by atoms with van der Waals surface area (Å²) in [4.78, 5) is 0. The predicted octanol–water partition coefficient (Wildman–Crippen LogP) is 2.83. The van der Waals surface area contributed by atoms with Crippen LogP contribution in [-0.2, 0) is 0 Å². The lowest BCUT2D eigenvalue weighted by Crippen LogP contribution is -2.40. The molecule has 1 aliphatic heterocycles. The van der Waals surface area contributed by atoms with Gasteiger partial charge in [-0.2, -0.15) is 23.5 Å². The quantitative estimate of drug-likeness (QED) is 0.640. The minimum absolute atomic E-state index is 0.0679. The number of nitrogens with two attached hydrogens (primary N) is 1. The molecule has 1 heterocycles. The van der Waals surface area contributed by atoms with Gasteiger partial charge >= 0.3 is 0 Å². The van der Waals surface area contributed by atoms with Gasteiger partial charge in [0.05, 0.1) is 20.3 Å².